The van der Waals surface area contributed by atoms with Crippen molar-refractivity contribution in [1.82, 2.24) is 0 Å². The average Bonchev–Trinajstić information content (AvgIpc) is 3.40. The lowest BCUT2D eigenvalue weighted by Gasteiger charge is -2.34. The molecule has 11 heteroatoms. The van der Waals surface area contributed by atoms with Crippen LogP contribution in [0.1, 0.15) is 23.1 Å². The third kappa shape index (κ3) is 3.08. The molecule has 4 atom stereocenters. The van der Waals surface area contributed by atoms with E-state index >= 15 is 0 Å². The first-order valence-corrected chi connectivity index (χ1v) is 10.8. The Morgan fingerprint density at radius 3 is 2.16 bits per heavy atom. The molecule has 0 aliphatic heterocycles. The maximum atomic E-state index is 13.5. The zero-order valence-electron chi connectivity index (χ0n) is 16.3. The quantitative estimate of drug-likeness (QED) is 0.506. The highest BCUT2D eigenvalue weighted by Crippen LogP contribution is 2.69. The maximum absolute atomic E-state index is 13.5. The van der Waals surface area contributed by atoms with E-state index in [9.17, 15) is 40.4 Å². The van der Waals surface area contributed by atoms with Gasteiger partial charge in [0.1, 0.15) is 5.82 Å². The summed E-state index contributed by atoms with van der Waals surface area (Å²) in [5.74, 6) is -1.02. The van der Waals surface area contributed by atoms with E-state index in [1.807, 2.05) is 0 Å². The van der Waals surface area contributed by atoms with Crippen molar-refractivity contribution >= 4 is 11.2 Å². The Kier molecular flexibility index (Phi) is 5.36. The first-order chi connectivity index (χ1) is 14.8. The minimum Gasteiger partial charge on any atom is -0.611 e. The minimum atomic E-state index is -6.00. The number of aliphatic hydroxyl groups is 1. The van der Waals surface area contributed by atoms with E-state index in [2.05, 4.69) is 0 Å². The molecule has 0 aromatic heterocycles. The molecule has 3 nitrogen and oxygen atoms in total. The second-order valence-corrected chi connectivity index (χ2v) is 9.77. The van der Waals surface area contributed by atoms with Gasteiger partial charge < -0.3 is 15.4 Å². The Labute approximate surface area is 181 Å². The number of nitrogens with two attached hydrogens (primary N) is 1. The zero-order chi connectivity index (χ0) is 23.7. The maximum Gasteiger partial charge on any atom is 0.430 e. The highest BCUT2D eigenvalue weighted by molar-refractivity contribution is 7.92. The summed E-state index contributed by atoms with van der Waals surface area (Å²) < 4.78 is 106. The molecule has 174 valence electrons. The van der Waals surface area contributed by atoms with E-state index in [1.54, 1.807) is 0 Å². The van der Waals surface area contributed by atoms with E-state index in [0.717, 1.165) is 18.2 Å². The minimum absolute atomic E-state index is 0.119. The lowest BCUT2D eigenvalue weighted by atomic mass is 9.84. The Balaban J connectivity index is 1.84. The van der Waals surface area contributed by atoms with Crippen LogP contribution in [0.15, 0.2) is 47.4 Å². The fourth-order valence-electron chi connectivity index (χ4n) is 5.00. The monoisotopic (exact) mass is 481 g/mol. The molecule has 1 saturated carbocycles. The van der Waals surface area contributed by atoms with E-state index in [1.165, 1.54) is 12.1 Å². The lowest BCUT2D eigenvalue weighted by Crippen LogP contribution is -2.54. The van der Waals surface area contributed by atoms with Crippen molar-refractivity contribution in [3.05, 3.63) is 65.0 Å². The summed E-state index contributed by atoms with van der Waals surface area (Å²) >= 11 is -1.78. The summed E-state index contributed by atoms with van der Waals surface area (Å²) in [6.45, 7) is 0.119. The molecule has 2 aliphatic rings. The Morgan fingerprint density at radius 2 is 1.62 bits per heavy atom. The summed E-state index contributed by atoms with van der Waals surface area (Å²) in [4.78, 5) is 0.284. The molecule has 1 fully saturated rings. The number of hydrogen-bond acceptors (Lipinski definition) is 3. The van der Waals surface area contributed by atoms with E-state index < -0.39 is 45.3 Å². The first-order valence-electron chi connectivity index (χ1n) is 9.67. The summed E-state index contributed by atoms with van der Waals surface area (Å²) in [5, 5.41) is 9.74. The van der Waals surface area contributed by atoms with Gasteiger partial charge in [0.15, 0.2) is 9.64 Å². The van der Waals surface area contributed by atoms with Crippen LogP contribution in [0, 0.1) is 17.7 Å². The normalized spacial score (nSPS) is 26.3. The Hall–Kier alpha value is -1.82. The van der Waals surface area contributed by atoms with Crippen LogP contribution in [-0.4, -0.2) is 28.6 Å². The van der Waals surface area contributed by atoms with Crippen molar-refractivity contribution in [1.29, 1.82) is 0 Å². The molecule has 2 aromatic rings. The van der Waals surface area contributed by atoms with E-state index in [4.69, 9.17) is 5.73 Å². The van der Waals surface area contributed by atoms with Crippen LogP contribution in [-0.2, 0) is 27.9 Å². The summed E-state index contributed by atoms with van der Waals surface area (Å²) in [7, 11) is 0. The fraction of sp³-hybridized carbons (Fsp3) is 0.429. The van der Waals surface area contributed by atoms with Crippen LogP contribution < -0.4 is 5.73 Å². The molecule has 0 bridgehead atoms. The van der Waals surface area contributed by atoms with Crippen molar-refractivity contribution < 1.29 is 40.4 Å². The molecule has 0 radical (unpaired) electrons. The van der Waals surface area contributed by atoms with Crippen LogP contribution in [0.25, 0.3) is 0 Å². The van der Waals surface area contributed by atoms with Crippen molar-refractivity contribution in [3.63, 3.8) is 0 Å². The van der Waals surface area contributed by atoms with Gasteiger partial charge in [-0.15, -0.1) is 0 Å². The van der Waals surface area contributed by atoms with Gasteiger partial charge in [-0.1, -0.05) is 18.2 Å². The fourth-order valence-corrected chi connectivity index (χ4v) is 7.19. The van der Waals surface area contributed by atoms with Gasteiger partial charge >= 0.3 is 12.4 Å². The van der Waals surface area contributed by atoms with Crippen molar-refractivity contribution in [2.24, 2.45) is 17.6 Å². The number of halogens is 7. The predicted octanol–water partition coefficient (Wildman–Crippen LogP) is 4.29. The van der Waals surface area contributed by atoms with Gasteiger partial charge in [-0.2, -0.15) is 26.3 Å². The molecule has 0 amide bonds. The Bertz CT molecular complexity index is 1000. The third-order valence-corrected chi connectivity index (χ3v) is 8.70. The summed E-state index contributed by atoms with van der Waals surface area (Å²) in [6, 6.07) is 7.27. The SMILES string of the molecule is NCC1C2CCc3cc(C(O)(C(F)(F)F)C(F)(F)F)ccc3C12[S+]([O-])c1ccc(F)cc1. The molecule has 32 heavy (non-hydrogen) atoms. The van der Waals surface area contributed by atoms with Crippen LogP contribution in [0.5, 0.6) is 0 Å². The third-order valence-electron chi connectivity index (χ3n) is 6.56. The van der Waals surface area contributed by atoms with Crippen LogP contribution in [0.2, 0.25) is 0 Å². The van der Waals surface area contributed by atoms with E-state index in [0.29, 0.717) is 24.1 Å². The van der Waals surface area contributed by atoms with E-state index in [-0.39, 0.29) is 35.3 Å². The molecule has 3 N–H and O–H groups in total. The number of fused-ring (bicyclic) bond motifs is 3. The smallest absolute Gasteiger partial charge is 0.430 e. The second-order valence-electron chi connectivity index (χ2n) is 8.08. The topological polar surface area (TPSA) is 69.3 Å². The van der Waals surface area contributed by atoms with Gasteiger partial charge in [-0.3, -0.25) is 0 Å². The molecular formula is C21H18F7NO2S. The van der Waals surface area contributed by atoms with Crippen molar-refractivity contribution in [3.8, 4) is 0 Å². The first kappa shape index (κ1) is 23.3. The number of alkyl halides is 6. The number of aryl methyl sites for hydroxylation is 1. The van der Waals surface area contributed by atoms with Gasteiger partial charge in [-0.25, -0.2) is 4.39 Å². The standard InChI is InChI=1S/C21H18F7NO2S/c22-13-3-5-14(6-4-13)32(31)18-15-8-2-12(19(30,20(23,24)25)21(26,27)28)9-11(15)1-7-16(18)17(18)10-29/h2-6,8-9,16-17,30H,1,7,10,29H2. The molecule has 0 saturated heterocycles. The van der Waals surface area contributed by atoms with Crippen LogP contribution in [0.3, 0.4) is 0 Å². The largest absolute Gasteiger partial charge is 0.611 e. The highest BCUT2D eigenvalue weighted by atomic mass is 32.2. The molecule has 4 unspecified atom stereocenters. The van der Waals surface area contributed by atoms with Crippen molar-refractivity contribution in [2.45, 2.75) is 40.4 Å². The predicted molar refractivity (Wildman–Crippen MR) is 101 cm³/mol. The summed E-state index contributed by atoms with van der Waals surface area (Å²) in [6.07, 6.45) is -11.5. The van der Waals surface area contributed by atoms with Gasteiger partial charge in [0.05, 0.1) is 0 Å². The number of benzene rings is 2. The molecule has 2 aromatic carbocycles. The number of rotatable bonds is 4. The van der Waals surface area contributed by atoms with Crippen molar-refractivity contribution in [2.75, 3.05) is 6.54 Å². The van der Waals surface area contributed by atoms with Crippen LogP contribution >= 0.6 is 0 Å². The average molecular weight is 481 g/mol. The zero-order valence-corrected chi connectivity index (χ0v) is 17.1. The number of hydrogen-bond donors (Lipinski definition) is 2. The lowest BCUT2D eigenvalue weighted by molar-refractivity contribution is -0.376. The molecule has 4 rings (SSSR count). The molecule has 0 spiro atoms. The second kappa shape index (κ2) is 7.34. The highest BCUT2D eigenvalue weighted by Gasteiger charge is 2.76. The van der Waals surface area contributed by atoms with Gasteiger partial charge in [0.2, 0.25) is 0 Å². The van der Waals surface area contributed by atoms with Gasteiger partial charge in [0, 0.05) is 29.5 Å². The Morgan fingerprint density at radius 1 is 1.03 bits per heavy atom. The van der Waals surface area contributed by atoms with Gasteiger partial charge in [0.25, 0.3) is 5.60 Å². The summed E-state index contributed by atoms with van der Waals surface area (Å²) in [5.41, 5.74) is -0.0241. The molecule has 2 aliphatic carbocycles. The molecular weight excluding hydrogens is 463 g/mol. The molecule has 0 heterocycles. The van der Waals surface area contributed by atoms with Gasteiger partial charge in [-0.05, 0) is 53.8 Å². The van der Waals surface area contributed by atoms with Crippen LogP contribution in [0.4, 0.5) is 30.7 Å².